The van der Waals surface area contributed by atoms with Crippen LogP contribution in [0.5, 0.6) is 17.2 Å². The quantitative estimate of drug-likeness (QED) is 0.136. The highest BCUT2D eigenvalue weighted by atomic mass is 35.5. The molecule has 14 heteroatoms. The molecule has 12 saturated carbocycles. The Balaban J connectivity index is 0.000000150. The molecule has 2 atom stereocenters. The van der Waals surface area contributed by atoms with E-state index in [-0.39, 0.29) is 45.8 Å². The van der Waals surface area contributed by atoms with Gasteiger partial charge in [0.1, 0.15) is 23.0 Å². The molecule has 2 aliphatic heterocycles. The van der Waals surface area contributed by atoms with Gasteiger partial charge in [-0.15, -0.1) is 0 Å². The van der Waals surface area contributed by atoms with Crippen LogP contribution in [0.3, 0.4) is 0 Å². The molecule has 13 nitrogen and oxygen atoms in total. The normalized spacial score (nSPS) is 40.3. The molecule has 0 amide bonds. The van der Waals surface area contributed by atoms with Gasteiger partial charge in [-0.25, -0.2) is 14.6 Å². The first kappa shape index (κ1) is 46.8. The summed E-state index contributed by atoms with van der Waals surface area (Å²) in [7, 11) is -8.09. The van der Waals surface area contributed by atoms with Crippen LogP contribution in [0, 0.1) is 71.0 Å². The highest BCUT2D eigenvalue weighted by Crippen LogP contribution is 2.71. The average Bonchev–Trinajstić information content (AvgIpc) is 0.694. The van der Waals surface area contributed by atoms with Gasteiger partial charge in [-0.1, -0.05) is 77.4 Å². The Morgan fingerprint density at radius 1 is 0.566 bits per heavy atom. The number of aromatic hydroxyl groups is 2. The number of hydrogen-bond acceptors (Lipinski definition) is 13. The highest BCUT2D eigenvalue weighted by Gasteiger charge is 2.78. The summed E-state index contributed by atoms with van der Waals surface area (Å²) in [5, 5.41) is 19.2. The zero-order chi connectivity index (χ0) is 62.2. The minimum absolute atomic E-state index is 0.0560. The Labute approximate surface area is 468 Å². The molecule has 2 heterocycles. The molecule has 2 saturated heterocycles. The zero-order valence-corrected chi connectivity index (χ0v) is 45.9. The molecule has 76 heavy (non-hydrogen) atoms. The van der Waals surface area contributed by atoms with E-state index in [1.807, 2.05) is 41.5 Å². The fourth-order valence-corrected chi connectivity index (χ4v) is 16.5. The summed E-state index contributed by atoms with van der Waals surface area (Å²) in [6.07, 6.45) is 17.1. The second-order valence-electron chi connectivity index (χ2n) is 22.4. The molecule has 14 aliphatic rings. The number of rotatable bonds is 6. The van der Waals surface area contributed by atoms with Gasteiger partial charge in [-0.3, -0.25) is 9.59 Å². The van der Waals surface area contributed by atoms with Crippen molar-refractivity contribution in [1.82, 2.24) is 0 Å². The van der Waals surface area contributed by atoms with Crippen LogP contribution >= 0.6 is 11.6 Å². The van der Waals surface area contributed by atoms with Crippen LogP contribution in [0.15, 0.2) is 66.7 Å². The van der Waals surface area contributed by atoms with E-state index in [9.17, 15) is 19.5 Å². The smallest absolute Gasteiger partial charge is 0.337 e. The molecule has 3 aromatic carbocycles. The first-order valence-corrected chi connectivity index (χ1v) is 28.5. The van der Waals surface area contributed by atoms with Gasteiger partial charge in [-0.05, 0) is 198 Å². The van der Waals surface area contributed by atoms with Crippen LogP contribution in [-0.2, 0) is 54.9 Å². The number of methoxy groups -OCH3 is 3. The van der Waals surface area contributed by atoms with Crippen molar-refractivity contribution in [1.29, 1.82) is 0 Å². The molecule has 2 N–H and O–H groups in total. The van der Waals surface area contributed by atoms with Crippen LogP contribution in [0.1, 0.15) is 179 Å². The first-order valence-electron chi connectivity index (χ1n) is 32.6. The zero-order valence-electron chi connectivity index (χ0n) is 54.1. The van der Waals surface area contributed by atoms with E-state index in [2.05, 4.69) is 4.74 Å². The maximum absolute atomic E-state index is 11.6. The summed E-state index contributed by atoms with van der Waals surface area (Å²) < 4.78 is 87.2. The first-order chi connectivity index (χ1) is 40.2. The van der Waals surface area contributed by atoms with E-state index in [4.69, 9.17) is 62.8 Å². The third-order valence-corrected chi connectivity index (χ3v) is 18.9. The van der Waals surface area contributed by atoms with Crippen molar-refractivity contribution in [2.45, 2.75) is 168 Å². The number of phenols is 2. The lowest BCUT2D eigenvalue weighted by Crippen LogP contribution is -2.76. The third-order valence-electron chi connectivity index (χ3n) is 18.5. The van der Waals surface area contributed by atoms with Gasteiger partial charge in [-0.2, -0.15) is 9.78 Å². The fraction of sp³-hybridized carbons (Fsp3) is 0.661. The van der Waals surface area contributed by atoms with Crippen molar-refractivity contribution in [3.05, 3.63) is 88.4 Å². The van der Waals surface area contributed by atoms with E-state index in [1.54, 1.807) is 42.5 Å². The number of esters is 2. The second-order valence-corrected chi connectivity index (χ2v) is 22.8. The van der Waals surface area contributed by atoms with Crippen molar-refractivity contribution in [3.8, 4) is 17.2 Å². The Morgan fingerprint density at radius 3 is 1.38 bits per heavy atom. The Morgan fingerprint density at radius 2 is 1.00 bits per heavy atom. The van der Waals surface area contributed by atoms with Crippen LogP contribution in [0.4, 0.5) is 0 Å². The molecule has 0 aromatic heterocycles. The van der Waals surface area contributed by atoms with Crippen molar-refractivity contribution >= 4 is 29.3 Å². The molecule has 0 radical (unpaired) electrons. The lowest BCUT2D eigenvalue weighted by molar-refractivity contribution is -0.645. The average molecular weight is 1080 g/mol. The number of Topliss-reactive ketones (excluding diaryl/α,β-unsaturated/α-hetero) is 1. The van der Waals surface area contributed by atoms with E-state index < -0.39 is 55.8 Å². The molecule has 12 aliphatic carbocycles. The number of benzene rings is 3. The summed E-state index contributed by atoms with van der Waals surface area (Å²) in [5.41, 5.74) is -0.636. The Bertz CT molecular complexity index is 2740. The Kier molecular flexibility index (Phi) is 14.8. The van der Waals surface area contributed by atoms with Crippen LogP contribution in [-0.4, -0.2) is 60.3 Å². The van der Waals surface area contributed by atoms with Crippen LogP contribution < -0.4 is 4.74 Å². The number of ether oxygens (including phenoxy) is 4. The molecule has 2 spiro atoms. The molecular formula is C62H85ClO13. The molecule has 418 valence electrons. The van der Waals surface area contributed by atoms with Gasteiger partial charge in [0.25, 0.3) is 11.6 Å². The van der Waals surface area contributed by atoms with Gasteiger partial charge in [0.2, 0.25) is 0 Å². The number of carbonyl (C=O) groups is 3. The van der Waals surface area contributed by atoms with E-state index in [0.717, 1.165) is 69.3 Å². The summed E-state index contributed by atoms with van der Waals surface area (Å²) >= 11 is 5.51. The summed E-state index contributed by atoms with van der Waals surface area (Å²) in [4.78, 5) is 56.9. The lowest BCUT2D eigenvalue weighted by atomic mass is 9.47. The molecule has 14 fully saturated rings. The van der Waals surface area contributed by atoms with Gasteiger partial charge in [0.15, 0.2) is 11.2 Å². The molecule has 2 unspecified atom stereocenters. The number of carbonyl (C=O) groups excluding carboxylic acids is 3. The molecule has 3 aromatic rings. The summed E-state index contributed by atoms with van der Waals surface area (Å²) in [6, 6.07) is 16.8. The number of ketones is 1. The molecule has 12 bridgehead atoms. The predicted molar refractivity (Wildman–Crippen MR) is 288 cm³/mol. The van der Waals surface area contributed by atoms with Crippen LogP contribution in [0.2, 0.25) is 5.02 Å². The Hall–Kier alpha value is -4.08. The second kappa shape index (κ2) is 24.1. The highest BCUT2D eigenvalue weighted by molar-refractivity contribution is 6.32. The summed E-state index contributed by atoms with van der Waals surface area (Å²) in [5.74, 6) is 2.67. The van der Waals surface area contributed by atoms with E-state index in [1.165, 1.54) is 70.1 Å². The number of hydrogen-bond donors (Lipinski definition) is 2. The minimum atomic E-state index is -2.80. The van der Waals surface area contributed by atoms with Gasteiger partial charge in [0, 0.05) is 44.0 Å². The molecular weight excluding hydrogens is 988 g/mol. The molecule has 17 rings (SSSR count). The minimum Gasteiger partial charge on any atom is -0.508 e. The van der Waals surface area contributed by atoms with Crippen molar-refractivity contribution in [2.24, 2.45) is 71.0 Å². The SMILES string of the molecule is CC.CC.CC.O=C1C2CC3CC(C2)CC1C3.[2H]C([2H])([2H])OC(=O)c1ccc(Cl)c(O)c1.[2H]C([2H])([2H])OC1(c2cccc(O)c2)OOC12C1CC3CC(C1)CC2C3.[2H]C([2H])([2H])OC1(c2cccc(OC(C)=O)c2)OOC12C1CC3CC(C1)CC2C3. The fourth-order valence-electron chi connectivity index (χ4n) is 16.4. The van der Waals surface area contributed by atoms with Crippen molar-refractivity contribution in [2.75, 3.05) is 21.1 Å². The topological polar surface area (TPSA) is 166 Å². The number of halogens is 1. The lowest BCUT2D eigenvalue weighted by Gasteiger charge is -2.68. The predicted octanol–water partition coefficient (Wildman–Crippen LogP) is 13.8. The monoisotopic (exact) mass is 1080 g/mol. The maximum atomic E-state index is 11.6. The number of phenolic OH excluding ortho intramolecular Hbond substituents is 2. The van der Waals surface area contributed by atoms with Gasteiger partial charge < -0.3 is 29.2 Å². The summed E-state index contributed by atoms with van der Waals surface area (Å²) in [6.45, 7) is 13.3. The van der Waals surface area contributed by atoms with Crippen LogP contribution in [0.25, 0.3) is 0 Å². The van der Waals surface area contributed by atoms with Gasteiger partial charge in [0.05, 0.1) is 30.0 Å². The maximum Gasteiger partial charge on any atom is 0.337 e. The largest absolute Gasteiger partial charge is 0.508 e. The van der Waals surface area contributed by atoms with E-state index >= 15 is 0 Å². The van der Waals surface area contributed by atoms with Crippen molar-refractivity contribution in [3.63, 3.8) is 0 Å². The van der Waals surface area contributed by atoms with Gasteiger partial charge >= 0.3 is 11.9 Å². The van der Waals surface area contributed by atoms with E-state index in [0.29, 0.717) is 58.2 Å². The third kappa shape index (κ3) is 10.1. The standard InChI is InChI=1S/C20H24O5.C18H22O4.C10H14O.C8H7ClO3.3C2H6/c1-12(21)23-18-5-3-4-15(11-18)20(22-2)19(24-25-20)16-7-13-6-14(9-16)10-17(19)8-13;1-20-18(13-3-2-4-16(19)10-13)17(21-22-18)14-6-11-5-12(8-14)9-15(17)7-11;11-10-8-2-6-1-7(4-8)5-9(10)3-6;1-12-8(11)5-2-3-6(9)7(10)4-5;3*1-2/h3-5,11,13-14,16-17H,6-10H2,1-2H3;2-4,10-12,14-15,19H,5-9H2,1H3;6-9H,1-5H2;2-4,10H,1H3;3*1-2H3/i2D3;1D3;;1D3;;;. The van der Waals surface area contributed by atoms with Crippen molar-refractivity contribution < 1.29 is 75.4 Å².